The van der Waals surface area contributed by atoms with Crippen LogP contribution in [-0.4, -0.2) is 16.5 Å². The molecule has 1 unspecified atom stereocenters. The monoisotopic (exact) mass is 179 g/mol. The van der Waals surface area contributed by atoms with Gasteiger partial charge in [-0.15, -0.1) is 0 Å². The number of aromatic nitrogens is 2. The second-order valence-electron chi connectivity index (χ2n) is 3.25. The zero-order chi connectivity index (χ0) is 9.68. The highest BCUT2D eigenvalue weighted by atomic mass is 14.9. The lowest BCUT2D eigenvalue weighted by atomic mass is 10.1. The molecule has 0 fully saturated rings. The lowest BCUT2D eigenvalue weighted by Crippen LogP contribution is -2.07. The Morgan fingerprint density at radius 3 is 2.92 bits per heavy atom. The van der Waals surface area contributed by atoms with Gasteiger partial charge >= 0.3 is 0 Å². The summed E-state index contributed by atoms with van der Waals surface area (Å²) in [5.41, 5.74) is 6.51. The van der Waals surface area contributed by atoms with Crippen LogP contribution in [0.25, 0.3) is 0 Å². The number of nitrogens with two attached hydrogens (primary N) is 1. The summed E-state index contributed by atoms with van der Waals surface area (Å²) in [5.74, 6) is 1.38. The van der Waals surface area contributed by atoms with E-state index in [1.54, 1.807) is 0 Å². The summed E-state index contributed by atoms with van der Waals surface area (Å²) >= 11 is 0. The standard InChI is InChI=1S/C10H17N3/c1-3-8(2)10-12-7-5-9(13-10)4-6-11/h5,7-8H,3-4,6,11H2,1-2H3. The molecule has 0 bridgehead atoms. The Morgan fingerprint density at radius 1 is 1.54 bits per heavy atom. The third kappa shape index (κ3) is 2.77. The van der Waals surface area contributed by atoms with Crippen molar-refractivity contribution in [1.29, 1.82) is 0 Å². The van der Waals surface area contributed by atoms with Crippen molar-refractivity contribution >= 4 is 0 Å². The molecule has 1 atom stereocenters. The van der Waals surface area contributed by atoms with E-state index in [9.17, 15) is 0 Å². The first-order valence-corrected chi connectivity index (χ1v) is 4.79. The fourth-order valence-electron chi connectivity index (χ4n) is 1.12. The van der Waals surface area contributed by atoms with Crippen LogP contribution in [0.3, 0.4) is 0 Å². The van der Waals surface area contributed by atoms with Crippen molar-refractivity contribution < 1.29 is 0 Å². The molecular weight excluding hydrogens is 162 g/mol. The topological polar surface area (TPSA) is 51.8 Å². The molecule has 0 aliphatic rings. The van der Waals surface area contributed by atoms with Crippen LogP contribution in [0.15, 0.2) is 12.3 Å². The summed E-state index contributed by atoms with van der Waals surface area (Å²) in [7, 11) is 0. The van der Waals surface area contributed by atoms with Gasteiger partial charge in [-0.2, -0.15) is 0 Å². The molecule has 0 saturated carbocycles. The Kier molecular flexibility index (Phi) is 3.83. The van der Waals surface area contributed by atoms with E-state index in [4.69, 9.17) is 5.73 Å². The van der Waals surface area contributed by atoms with Crippen LogP contribution in [-0.2, 0) is 6.42 Å². The van der Waals surface area contributed by atoms with Crippen LogP contribution in [0.4, 0.5) is 0 Å². The van der Waals surface area contributed by atoms with E-state index in [2.05, 4.69) is 23.8 Å². The zero-order valence-corrected chi connectivity index (χ0v) is 8.33. The van der Waals surface area contributed by atoms with E-state index < -0.39 is 0 Å². The Labute approximate surface area is 79.4 Å². The fourth-order valence-corrected chi connectivity index (χ4v) is 1.12. The van der Waals surface area contributed by atoms with E-state index in [1.807, 2.05) is 12.3 Å². The van der Waals surface area contributed by atoms with Gasteiger partial charge in [-0.3, -0.25) is 0 Å². The largest absolute Gasteiger partial charge is 0.330 e. The molecule has 0 aliphatic heterocycles. The van der Waals surface area contributed by atoms with Gasteiger partial charge in [0, 0.05) is 24.2 Å². The van der Waals surface area contributed by atoms with Crippen molar-refractivity contribution in [2.24, 2.45) is 5.73 Å². The molecule has 0 amide bonds. The first kappa shape index (κ1) is 10.1. The van der Waals surface area contributed by atoms with E-state index >= 15 is 0 Å². The SMILES string of the molecule is CCC(C)c1nccc(CCN)n1. The van der Waals surface area contributed by atoms with Crippen LogP contribution < -0.4 is 5.73 Å². The van der Waals surface area contributed by atoms with Crippen LogP contribution >= 0.6 is 0 Å². The molecule has 2 N–H and O–H groups in total. The van der Waals surface area contributed by atoms with Crippen LogP contribution in [0, 0.1) is 0 Å². The summed E-state index contributed by atoms with van der Waals surface area (Å²) in [6.07, 6.45) is 3.73. The first-order chi connectivity index (χ1) is 6.27. The van der Waals surface area contributed by atoms with E-state index in [1.165, 1.54) is 0 Å². The van der Waals surface area contributed by atoms with Crippen molar-refractivity contribution in [1.82, 2.24) is 9.97 Å². The molecule has 72 valence electrons. The molecule has 1 aromatic heterocycles. The van der Waals surface area contributed by atoms with Gasteiger partial charge in [0.25, 0.3) is 0 Å². The molecule has 1 aromatic rings. The Bertz CT molecular complexity index is 260. The van der Waals surface area contributed by atoms with Crippen LogP contribution in [0.2, 0.25) is 0 Å². The minimum atomic E-state index is 0.442. The summed E-state index contributed by atoms with van der Waals surface area (Å²) in [6.45, 7) is 4.93. The minimum absolute atomic E-state index is 0.442. The number of rotatable bonds is 4. The maximum atomic E-state index is 5.46. The molecule has 3 heteroatoms. The van der Waals surface area contributed by atoms with E-state index in [0.29, 0.717) is 12.5 Å². The molecule has 0 aliphatic carbocycles. The molecule has 13 heavy (non-hydrogen) atoms. The third-order valence-corrected chi connectivity index (χ3v) is 2.19. The lowest BCUT2D eigenvalue weighted by Gasteiger charge is -2.07. The average Bonchev–Trinajstić information content (AvgIpc) is 2.18. The molecular formula is C10H17N3. The van der Waals surface area contributed by atoms with Crippen LogP contribution in [0.1, 0.15) is 37.7 Å². The summed E-state index contributed by atoms with van der Waals surface area (Å²) in [5, 5.41) is 0. The van der Waals surface area contributed by atoms with Crippen molar-refractivity contribution in [3.8, 4) is 0 Å². The average molecular weight is 179 g/mol. The predicted molar refractivity (Wildman–Crippen MR) is 53.5 cm³/mol. The maximum absolute atomic E-state index is 5.46. The van der Waals surface area contributed by atoms with E-state index in [-0.39, 0.29) is 0 Å². The highest BCUT2D eigenvalue weighted by molar-refractivity contribution is 5.05. The van der Waals surface area contributed by atoms with Crippen molar-refractivity contribution in [2.75, 3.05) is 6.54 Å². The third-order valence-electron chi connectivity index (χ3n) is 2.19. The number of hydrogen-bond donors (Lipinski definition) is 1. The normalized spacial score (nSPS) is 12.8. The quantitative estimate of drug-likeness (QED) is 0.762. The lowest BCUT2D eigenvalue weighted by molar-refractivity contribution is 0.669. The zero-order valence-electron chi connectivity index (χ0n) is 8.33. The second-order valence-corrected chi connectivity index (χ2v) is 3.25. The summed E-state index contributed by atoms with van der Waals surface area (Å²) in [6, 6.07) is 1.93. The van der Waals surface area contributed by atoms with Gasteiger partial charge in [-0.1, -0.05) is 13.8 Å². The van der Waals surface area contributed by atoms with Gasteiger partial charge in [0.15, 0.2) is 0 Å². The maximum Gasteiger partial charge on any atom is 0.131 e. The van der Waals surface area contributed by atoms with Crippen molar-refractivity contribution in [3.63, 3.8) is 0 Å². The first-order valence-electron chi connectivity index (χ1n) is 4.79. The molecule has 0 aromatic carbocycles. The Morgan fingerprint density at radius 2 is 2.31 bits per heavy atom. The molecule has 0 spiro atoms. The molecule has 1 heterocycles. The van der Waals surface area contributed by atoms with E-state index in [0.717, 1.165) is 24.4 Å². The predicted octanol–water partition coefficient (Wildman–Crippen LogP) is 1.49. The van der Waals surface area contributed by atoms with Gasteiger partial charge in [0.05, 0.1) is 0 Å². The molecule has 0 saturated heterocycles. The Balaban J connectivity index is 2.78. The van der Waals surface area contributed by atoms with Gasteiger partial charge in [0.1, 0.15) is 5.82 Å². The van der Waals surface area contributed by atoms with Gasteiger partial charge in [-0.05, 0) is 19.0 Å². The van der Waals surface area contributed by atoms with Crippen molar-refractivity contribution in [3.05, 3.63) is 23.8 Å². The summed E-state index contributed by atoms with van der Waals surface area (Å²) in [4.78, 5) is 8.68. The smallest absolute Gasteiger partial charge is 0.131 e. The number of hydrogen-bond acceptors (Lipinski definition) is 3. The van der Waals surface area contributed by atoms with Crippen LogP contribution in [0.5, 0.6) is 0 Å². The van der Waals surface area contributed by atoms with Gasteiger partial charge in [0.2, 0.25) is 0 Å². The van der Waals surface area contributed by atoms with Gasteiger partial charge in [-0.25, -0.2) is 9.97 Å². The Hall–Kier alpha value is -0.960. The number of nitrogens with zero attached hydrogens (tertiary/aromatic N) is 2. The molecule has 1 rings (SSSR count). The van der Waals surface area contributed by atoms with Crippen molar-refractivity contribution in [2.45, 2.75) is 32.6 Å². The van der Waals surface area contributed by atoms with Gasteiger partial charge < -0.3 is 5.73 Å². The molecule has 0 radical (unpaired) electrons. The fraction of sp³-hybridized carbons (Fsp3) is 0.600. The minimum Gasteiger partial charge on any atom is -0.330 e. The summed E-state index contributed by atoms with van der Waals surface area (Å²) < 4.78 is 0. The second kappa shape index (κ2) is 4.92. The molecule has 3 nitrogen and oxygen atoms in total. The highest BCUT2D eigenvalue weighted by Gasteiger charge is 2.05. The highest BCUT2D eigenvalue weighted by Crippen LogP contribution is 2.13.